The molecular weight excluding hydrogens is 362 g/mol. The van der Waals surface area contributed by atoms with E-state index in [1.807, 2.05) is 0 Å². The van der Waals surface area contributed by atoms with Gasteiger partial charge in [0.2, 0.25) is 5.91 Å². The lowest BCUT2D eigenvalue weighted by atomic mass is 10.1. The minimum Gasteiger partial charge on any atom is -0.339 e. The largest absolute Gasteiger partial charge is 0.339 e. The van der Waals surface area contributed by atoms with Gasteiger partial charge >= 0.3 is 4.87 Å². The van der Waals surface area contributed by atoms with E-state index in [2.05, 4.69) is 5.32 Å². The number of nitrogens with one attached hydrogen (secondary N) is 1. The quantitative estimate of drug-likeness (QED) is 0.887. The van der Waals surface area contributed by atoms with Gasteiger partial charge in [-0.3, -0.25) is 19.0 Å². The zero-order chi connectivity index (χ0) is 18.0. The van der Waals surface area contributed by atoms with Crippen LogP contribution in [-0.2, 0) is 11.3 Å². The van der Waals surface area contributed by atoms with Gasteiger partial charge in [0.25, 0.3) is 5.91 Å². The Morgan fingerprint density at radius 3 is 2.64 bits per heavy atom. The first-order valence-electron chi connectivity index (χ1n) is 7.99. The van der Waals surface area contributed by atoms with Crippen molar-refractivity contribution >= 4 is 40.4 Å². The van der Waals surface area contributed by atoms with Crippen molar-refractivity contribution in [2.45, 2.75) is 26.3 Å². The molecule has 2 heterocycles. The predicted octanol–water partition coefficient (Wildman–Crippen LogP) is 2.75. The van der Waals surface area contributed by atoms with Gasteiger partial charge in [-0.2, -0.15) is 0 Å². The standard InChI is InChI=1S/C17H18ClN3O3S/c1-11-10-25-17(24)21(11)9-15(22)19-14-5-4-12(18)8-13(14)16(23)20-6-2-3-7-20/h4-5,8,10H,2-3,6-7,9H2,1H3,(H,19,22). The van der Waals surface area contributed by atoms with Crippen LogP contribution in [0.25, 0.3) is 0 Å². The number of anilines is 1. The van der Waals surface area contributed by atoms with E-state index in [1.165, 1.54) is 4.57 Å². The van der Waals surface area contributed by atoms with Crippen LogP contribution in [0, 0.1) is 6.92 Å². The molecule has 0 bridgehead atoms. The van der Waals surface area contributed by atoms with Crippen LogP contribution in [0.3, 0.4) is 0 Å². The molecule has 0 atom stereocenters. The first-order chi connectivity index (χ1) is 12.0. The second-order valence-corrected chi connectivity index (χ2v) is 7.22. The van der Waals surface area contributed by atoms with E-state index in [4.69, 9.17) is 11.6 Å². The molecule has 2 amide bonds. The van der Waals surface area contributed by atoms with E-state index in [1.54, 1.807) is 35.4 Å². The number of halogens is 1. The summed E-state index contributed by atoms with van der Waals surface area (Å²) in [6.07, 6.45) is 1.96. The molecule has 1 aromatic carbocycles. The van der Waals surface area contributed by atoms with Gasteiger partial charge < -0.3 is 10.2 Å². The summed E-state index contributed by atoms with van der Waals surface area (Å²) >= 11 is 7.09. The molecule has 1 N–H and O–H groups in total. The van der Waals surface area contributed by atoms with Gasteiger partial charge in [-0.05, 0) is 38.0 Å². The summed E-state index contributed by atoms with van der Waals surface area (Å²) in [6, 6.07) is 4.81. The van der Waals surface area contributed by atoms with E-state index >= 15 is 0 Å². The number of nitrogens with zero attached hydrogens (tertiary/aromatic N) is 2. The van der Waals surface area contributed by atoms with Gasteiger partial charge in [-0.25, -0.2) is 0 Å². The number of carbonyl (C=O) groups is 2. The topological polar surface area (TPSA) is 71.4 Å². The van der Waals surface area contributed by atoms with Crippen molar-refractivity contribution in [3.05, 3.63) is 49.5 Å². The second-order valence-electron chi connectivity index (χ2n) is 5.97. The van der Waals surface area contributed by atoms with Crippen LogP contribution in [0.1, 0.15) is 28.9 Å². The Morgan fingerprint density at radius 2 is 2.00 bits per heavy atom. The van der Waals surface area contributed by atoms with Crippen LogP contribution in [0.4, 0.5) is 5.69 Å². The summed E-state index contributed by atoms with van der Waals surface area (Å²) < 4.78 is 1.40. The molecule has 6 nitrogen and oxygen atoms in total. The summed E-state index contributed by atoms with van der Waals surface area (Å²) in [6.45, 7) is 3.11. The summed E-state index contributed by atoms with van der Waals surface area (Å²) in [5.74, 6) is -0.499. The average molecular weight is 380 g/mol. The molecule has 0 spiro atoms. The molecule has 1 aliphatic rings. The molecule has 1 aliphatic heterocycles. The molecule has 1 fully saturated rings. The maximum atomic E-state index is 12.7. The number of aryl methyl sites for hydroxylation is 1. The van der Waals surface area contributed by atoms with Gasteiger partial charge in [-0.1, -0.05) is 22.9 Å². The fourth-order valence-electron chi connectivity index (χ4n) is 2.82. The molecular formula is C17H18ClN3O3S. The Labute approximate surface area is 154 Å². The predicted molar refractivity (Wildman–Crippen MR) is 98.5 cm³/mol. The van der Waals surface area contributed by atoms with Crippen molar-refractivity contribution in [2.24, 2.45) is 0 Å². The third-order valence-electron chi connectivity index (χ3n) is 4.16. The number of hydrogen-bond acceptors (Lipinski definition) is 4. The molecule has 1 aromatic heterocycles. The maximum absolute atomic E-state index is 12.7. The molecule has 1 saturated heterocycles. The Balaban J connectivity index is 1.81. The van der Waals surface area contributed by atoms with E-state index in [9.17, 15) is 14.4 Å². The van der Waals surface area contributed by atoms with Crippen molar-refractivity contribution in [3.63, 3.8) is 0 Å². The number of thiazole rings is 1. The van der Waals surface area contributed by atoms with Crippen LogP contribution in [0.2, 0.25) is 5.02 Å². The van der Waals surface area contributed by atoms with Crippen molar-refractivity contribution in [1.29, 1.82) is 0 Å². The molecule has 3 rings (SSSR count). The molecule has 0 radical (unpaired) electrons. The second kappa shape index (κ2) is 7.41. The van der Waals surface area contributed by atoms with Crippen LogP contribution >= 0.6 is 22.9 Å². The summed E-state index contributed by atoms with van der Waals surface area (Å²) in [5.41, 5.74) is 1.51. The zero-order valence-electron chi connectivity index (χ0n) is 13.8. The molecule has 0 aliphatic carbocycles. The first-order valence-corrected chi connectivity index (χ1v) is 9.25. The number of hydrogen-bond donors (Lipinski definition) is 1. The number of likely N-dealkylation sites (tertiary alicyclic amines) is 1. The van der Waals surface area contributed by atoms with E-state index < -0.39 is 0 Å². The number of aromatic nitrogens is 1. The number of benzene rings is 1. The van der Waals surface area contributed by atoms with Crippen molar-refractivity contribution in [2.75, 3.05) is 18.4 Å². The molecule has 0 saturated carbocycles. The Morgan fingerprint density at radius 1 is 1.28 bits per heavy atom. The van der Waals surface area contributed by atoms with Gasteiger partial charge in [0, 0.05) is 29.2 Å². The highest BCUT2D eigenvalue weighted by molar-refractivity contribution is 7.07. The van der Waals surface area contributed by atoms with E-state index in [0.29, 0.717) is 29.4 Å². The molecule has 0 unspecified atom stereocenters. The molecule has 25 heavy (non-hydrogen) atoms. The summed E-state index contributed by atoms with van der Waals surface area (Å²) in [5, 5.41) is 4.88. The lowest BCUT2D eigenvalue weighted by Gasteiger charge is -2.18. The SMILES string of the molecule is Cc1csc(=O)n1CC(=O)Nc1ccc(Cl)cc1C(=O)N1CCCC1. The van der Waals surface area contributed by atoms with Crippen molar-refractivity contribution in [1.82, 2.24) is 9.47 Å². The monoisotopic (exact) mass is 379 g/mol. The van der Waals surface area contributed by atoms with E-state index in [0.717, 1.165) is 29.9 Å². The van der Waals surface area contributed by atoms with E-state index in [-0.39, 0.29) is 23.2 Å². The minimum absolute atomic E-state index is 0.0891. The minimum atomic E-state index is -0.360. The van der Waals surface area contributed by atoms with Crippen LogP contribution in [0.15, 0.2) is 28.4 Å². The van der Waals surface area contributed by atoms with Gasteiger partial charge in [-0.15, -0.1) is 0 Å². The van der Waals surface area contributed by atoms with Gasteiger partial charge in [0.15, 0.2) is 0 Å². The highest BCUT2D eigenvalue weighted by atomic mass is 35.5. The highest BCUT2D eigenvalue weighted by Gasteiger charge is 2.23. The number of amides is 2. The molecule has 132 valence electrons. The summed E-state index contributed by atoms with van der Waals surface area (Å²) in [4.78, 5) is 38.4. The third kappa shape index (κ3) is 3.93. The summed E-state index contributed by atoms with van der Waals surface area (Å²) in [7, 11) is 0. The van der Waals surface area contributed by atoms with Gasteiger partial charge in [0.1, 0.15) is 6.54 Å². The zero-order valence-corrected chi connectivity index (χ0v) is 15.3. The number of rotatable bonds is 4. The molecule has 8 heteroatoms. The lowest BCUT2D eigenvalue weighted by Crippen LogP contribution is -2.30. The highest BCUT2D eigenvalue weighted by Crippen LogP contribution is 2.24. The third-order valence-corrected chi connectivity index (χ3v) is 5.27. The Bertz CT molecular complexity index is 868. The molecule has 2 aromatic rings. The fraction of sp³-hybridized carbons (Fsp3) is 0.353. The lowest BCUT2D eigenvalue weighted by molar-refractivity contribution is -0.116. The van der Waals surface area contributed by atoms with Crippen LogP contribution in [-0.4, -0.2) is 34.4 Å². The number of carbonyl (C=O) groups excluding carboxylic acids is 2. The van der Waals surface area contributed by atoms with Crippen LogP contribution < -0.4 is 10.2 Å². The van der Waals surface area contributed by atoms with Crippen molar-refractivity contribution < 1.29 is 9.59 Å². The first kappa shape index (κ1) is 17.7. The Hall–Kier alpha value is -2.12. The van der Waals surface area contributed by atoms with Gasteiger partial charge in [0.05, 0.1) is 11.3 Å². The average Bonchev–Trinajstić information content (AvgIpc) is 3.22. The Kier molecular flexibility index (Phi) is 5.24. The smallest absolute Gasteiger partial charge is 0.307 e. The fourth-order valence-corrected chi connectivity index (χ4v) is 3.73. The van der Waals surface area contributed by atoms with Crippen molar-refractivity contribution in [3.8, 4) is 0 Å². The maximum Gasteiger partial charge on any atom is 0.307 e. The normalized spacial score (nSPS) is 13.9. The van der Waals surface area contributed by atoms with Crippen LogP contribution in [0.5, 0.6) is 0 Å².